The minimum absolute atomic E-state index is 0.220. The molecule has 3 aromatic rings. The van der Waals surface area contributed by atoms with Crippen LogP contribution in [0.25, 0.3) is 11.3 Å². The zero-order valence-electron chi connectivity index (χ0n) is 15.8. The second-order valence-corrected chi connectivity index (χ2v) is 6.23. The average molecular weight is 378 g/mol. The van der Waals surface area contributed by atoms with Crippen LogP contribution in [0.3, 0.4) is 0 Å². The Hall–Kier alpha value is -3.61. The molecule has 0 saturated heterocycles. The Kier molecular flexibility index (Phi) is 6.06. The van der Waals surface area contributed by atoms with Crippen LogP contribution in [-0.2, 0) is 6.54 Å². The number of rotatable bonds is 6. The first-order valence-corrected chi connectivity index (χ1v) is 8.90. The van der Waals surface area contributed by atoms with Crippen LogP contribution in [0, 0.1) is 6.92 Å². The average Bonchev–Trinajstić information content (AvgIpc) is 2.70. The Morgan fingerprint density at radius 3 is 2.57 bits per heavy atom. The quantitative estimate of drug-likeness (QED) is 0.690. The Balaban J connectivity index is 1.61. The van der Waals surface area contributed by atoms with Crippen molar-refractivity contribution in [1.82, 2.24) is 15.1 Å². The third-order valence-corrected chi connectivity index (χ3v) is 4.18. The molecule has 0 atom stereocenters. The highest BCUT2D eigenvalue weighted by atomic mass is 16.5. The highest BCUT2D eigenvalue weighted by Gasteiger charge is 2.07. The number of hydrogen-bond donors (Lipinski definition) is 2. The van der Waals surface area contributed by atoms with Gasteiger partial charge in [-0.05, 0) is 25.1 Å². The van der Waals surface area contributed by atoms with Crippen LogP contribution in [0.1, 0.15) is 5.56 Å². The molecule has 2 amide bonds. The van der Waals surface area contributed by atoms with Crippen molar-refractivity contribution in [3.8, 4) is 17.0 Å². The number of para-hydroxylation sites is 2. The molecule has 1 heterocycles. The number of carbonyl (C=O) groups excluding carboxylic acids is 1. The van der Waals surface area contributed by atoms with Crippen molar-refractivity contribution in [3.63, 3.8) is 0 Å². The molecule has 7 nitrogen and oxygen atoms in total. The van der Waals surface area contributed by atoms with E-state index in [2.05, 4.69) is 15.7 Å². The molecule has 0 saturated carbocycles. The van der Waals surface area contributed by atoms with E-state index in [4.69, 9.17) is 4.74 Å². The van der Waals surface area contributed by atoms with Crippen LogP contribution in [0.15, 0.2) is 65.5 Å². The largest absolute Gasteiger partial charge is 0.495 e. The number of aromatic nitrogens is 2. The lowest BCUT2D eigenvalue weighted by Crippen LogP contribution is -2.34. The van der Waals surface area contributed by atoms with Crippen molar-refractivity contribution in [1.29, 1.82) is 0 Å². The molecule has 0 aliphatic heterocycles. The molecule has 0 unspecified atom stereocenters. The second kappa shape index (κ2) is 8.85. The van der Waals surface area contributed by atoms with Gasteiger partial charge in [-0.15, -0.1) is 0 Å². The molecule has 0 fully saturated rings. The van der Waals surface area contributed by atoms with Gasteiger partial charge < -0.3 is 15.4 Å². The summed E-state index contributed by atoms with van der Waals surface area (Å²) in [5.74, 6) is 0.571. The fourth-order valence-corrected chi connectivity index (χ4v) is 2.68. The van der Waals surface area contributed by atoms with Crippen molar-refractivity contribution >= 4 is 11.7 Å². The van der Waals surface area contributed by atoms with Gasteiger partial charge in [0.05, 0.1) is 25.0 Å². The predicted octanol–water partition coefficient (Wildman–Crippen LogP) is 3.05. The maximum atomic E-state index is 12.1. The van der Waals surface area contributed by atoms with Crippen LogP contribution < -0.4 is 20.9 Å². The van der Waals surface area contributed by atoms with E-state index in [1.54, 1.807) is 24.3 Å². The number of hydrogen-bond acceptors (Lipinski definition) is 4. The summed E-state index contributed by atoms with van der Waals surface area (Å²) in [6.07, 6.45) is 0. The van der Waals surface area contributed by atoms with E-state index in [-0.39, 0.29) is 24.7 Å². The molecular weight excluding hydrogens is 356 g/mol. The third kappa shape index (κ3) is 4.76. The Labute approximate surface area is 163 Å². The number of aryl methyl sites for hydroxylation is 1. The zero-order valence-corrected chi connectivity index (χ0v) is 15.8. The number of nitrogens with one attached hydrogen (secondary N) is 2. The molecule has 28 heavy (non-hydrogen) atoms. The Morgan fingerprint density at radius 1 is 1.07 bits per heavy atom. The monoisotopic (exact) mass is 378 g/mol. The number of amides is 2. The van der Waals surface area contributed by atoms with E-state index in [1.165, 1.54) is 17.9 Å². The lowest BCUT2D eigenvalue weighted by molar-refractivity contribution is 0.251. The van der Waals surface area contributed by atoms with Crippen molar-refractivity contribution < 1.29 is 9.53 Å². The van der Waals surface area contributed by atoms with Gasteiger partial charge in [0.15, 0.2) is 0 Å². The van der Waals surface area contributed by atoms with E-state index in [0.717, 1.165) is 11.1 Å². The molecule has 1 aromatic heterocycles. The van der Waals surface area contributed by atoms with Gasteiger partial charge in [0.2, 0.25) is 0 Å². The first-order chi connectivity index (χ1) is 13.6. The van der Waals surface area contributed by atoms with Gasteiger partial charge in [0.25, 0.3) is 5.56 Å². The summed E-state index contributed by atoms with van der Waals surface area (Å²) >= 11 is 0. The first kappa shape index (κ1) is 19.2. The molecule has 0 spiro atoms. The summed E-state index contributed by atoms with van der Waals surface area (Å²) < 4.78 is 6.55. The van der Waals surface area contributed by atoms with Gasteiger partial charge >= 0.3 is 6.03 Å². The molecular formula is C21H22N4O3. The van der Waals surface area contributed by atoms with Gasteiger partial charge in [-0.25, -0.2) is 9.48 Å². The molecule has 2 aromatic carbocycles. The number of carbonyl (C=O) groups is 1. The van der Waals surface area contributed by atoms with E-state index in [0.29, 0.717) is 17.1 Å². The van der Waals surface area contributed by atoms with Gasteiger partial charge in [0, 0.05) is 18.2 Å². The summed E-state index contributed by atoms with van der Waals surface area (Å²) in [5, 5.41) is 9.83. The summed E-state index contributed by atoms with van der Waals surface area (Å²) in [7, 11) is 1.54. The van der Waals surface area contributed by atoms with Gasteiger partial charge in [-0.3, -0.25) is 4.79 Å². The Bertz CT molecular complexity index is 1010. The second-order valence-electron chi connectivity index (χ2n) is 6.23. The molecule has 7 heteroatoms. The number of methoxy groups -OCH3 is 1. The van der Waals surface area contributed by atoms with Crippen molar-refractivity contribution in [3.05, 3.63) is 76.6 Å². The number of anilines is 1. The molecule has 0 aliphatic carbocycles. The summed E-state index contributed by atoms with van der Waals surface area (Å²) in [5.41, 5.74) is 3.14. The lowest BCUT2D eigenvalue weighted by atomic mass is 10.1. The van der Waals surface area contributed by atoms with Crippen molar-refractivity contribution in [2.45, 2.75) is 13.5 Å². The van der Waals surface area contributed by atoms with Gasteiger partial charge in [0.1, 0.15) is 5.75 Å². The van der Waals surface area contributed by atoms with Crippen LogP contribution >= 0.6 is 0 Å². The maximum absolute atomic E-state index is 12.1. The summed E-state index contributed by atoms with van der Waals surface area (Å²) in [6, 6.07) is 17.9. The summed E-state index contributed by atoms with van der Waals surface area (Å²) in [4.78, 5) is 24.2. The molecule has 2 N–H and O–H groups in total. The van der Waals surface area contributed by atoms with Crippen LogP contribution in [0.4, 0.5) is 10.5 Å². The van der Waals surface area contributed by atoms with E-state index >= 15 is 0 Å². The van der Waals surface area contributed by atoms with Crippen molar-refractivity contribution in [2.75, 3.05) is 19.0 Å². The highest BCUT2D eigenvalue weighted by Crippen LogP contribution is 2.22. The third-order valence-electron chi connectivity index (χ3n) is 4.18. The van der Waals surface area contributed by atoms with Gasteiger partial charge in [-0.2, -0.15) is 5.10 Å². The minimum atomic E-state index is -0.382. The number of ether oxygens (including phenoxy) is 1. The van der Waals surface area contributed by atoms with Crippen molar-refractivity contribution in [2.24, 2.45) is 0 Å². The normalized spacial score (nSPS) is 10.4. The van der Waals surface area contributed by atoms with E-state index in [9.17, 15) is 9.59 Å². The number of benzene rings is 2. The zero-order chi connectivity index (χ0) is 19.9. The topological polar surface area (TPSA) is 85.2 Å². The van der Waals surface area contributed by atoms with Crippen LogP contribution in [0.5, 0.6) is 5.75 Å². The first-order valence-electron chi connectivity index (χ1n) is 8.90. The fraction of sp³-hybridized carbons (Fsp3) is 0.190. The Morgan fingerprint density at radius 2 is 1.82 bits per heavy atom. The van der Waals surface area contributed by atoms with Crippen LogP contribution in [-0.4, -0.2) is 29.5 Å². The summed E-state index contributed by atoms with van der Waals surface area (Å²) in [6.45, 7) is 2.53. The fourth-order valence-electron chi connectivity index (χ4n) is 2.68. The number of urea groups is 1. The molecule has 0 aliphatic rings. The number of nitrogens with zero attached hydrogens (tertiary/aromatic N) is 2. The molecule has 0 radical (unpaired) electrons. The molecule has 0 bridgehead atoms. The predicted molar refractivity (Wildman–Crippen MR) is 109 cm³/mol. The standard InChI is InChI=1S/C21H22N4O3/c1-15-7-9-16(10-8-15)17-11-12-20(26)25(24-17)14-13-22-21(27)23-18-5-3-4-6-19(18)28-2/h3-12H,13-14H2,1-2H3,(H2,22,23,27). The van der Waals surface area contributed by atoms with Gasteiger partial charge in [-0.1, -0.05) is 42.0 Å². The highest BCUT2D eigenvalue weighted by molar-refractivity contribution is 5.90. The van der Waals surface area contributed by atoms with Crippen LogP contribution in [0.2, 0.25) is 0 Å². The smallest absolute Gasteiger partial charge is 0.319 e. The lowest BCUT2D eigenvalue weighted by Gasteiger charge is -2.11. The van der Waals surface area contributed by atoms with E-state index in [1.807, 2.05) is 37.3 Å². The molecule has 3 rings (SSSR count). The molecule has 144 valence electrons. The SMILES string of the molecule is COc1ccccc1NC(=O)NCCn1nc(-c2ccc(C)cc2)ccc1=O. The van der Waals surface area contributed by atoms with E-state index < -0.39 is 0 Å². The maximum Gasteiger partial charge on any atom is 0.319 e. The minimum Gasteiger partial charge on any atom is -0.495 e.